The zero-order valence-corrected chi connectivity index (χ0v) is 13.3. The van der Waals surface area contributed by atoms with Crippen LogP contribution in [0.1, 0.15) is 48.0 Å². The Hall–Kier alpha value is -0.480. The van der Waals surface area contributed by atoms with Crippen molar-refractivity contribution in [1.29, 1.82) is 0 Å². The second kappa shape index (κ2) is 6.11. The van der Waals surface area contributed by atoms with Crippen molar-refractivity contribution in [3.05, 3.63) is 21.4 Å². The highest BCUT2D eigenvalue weighted by Gasteiger charge is 2.21. The van der Waals surface area contributed by atoms with E-state index in [1.807, 2.05) is 23.1 Å². The van der Waals surface area contributed by atoms with E-state index in [2.05, 4.69) is 44.1 Å². The highest BCUT2D eigenvalue weighted by atomic mass is 32.2. The summed E-state index contributed by atoms with van der Waals surface area (Å²) in [6.07, 6.45) is 2.52. The summed E-state index contributed by atoms with van der Waals surface area (Å²) in [5.74, 6) is 0. The molecule has 2 nitrogen and oxygen atoms in total. The minimum atomic E-state index is 0.363. The Morgan fingerprint density at radius 2 is 2.28 bits per heavy atom. The average molecular weight is 282 g/mol. The first kappa shape index (κ1) is 13.9. The van der Waals surface area contributed by atoms with Gasteiger partial charge in [0.1, 0.15) is 0 Å². The van der Waals surface area contributed by atoms with Gasteiger partial charge in [-0.2, -0.15) is 0 Å². The van der Waals surface area contributed by atoms with Crippen LogP contribution in [-0.2, 0) is 0 Å². The molecule has 2 rings (SSSR count). The number of nitrogens with zero attached hydrogens (tertiary/aromatic N) is 1. The number of thioether (sulfide) groups is 1. The number of aryl methyl sites for hydroxylation is 2. The van der Waals surface area contributed by atoms with Gasteiger partial charge in [-0.15, -0.1) is 11.3 Å². The molecule has 100 valence electrons. The lowest BCUT2D eigenvalue weighted by atomic mass is 10.1. The third-order valence-corrected chi connectivity index (χ3v) is 5.38. The molecule has 0 saturated carbocycles. The van der Waals surface area contributed by atoms with Gasteiger partial charge in [0, 0.05) is 15.0 Å². The number of nitrogens with one attached hydrogen (secondary N) is 1. The molecule has 0 fully saturated rings. The van der Waals surface area contributed by atoms with Crippen molar-refractivity contribution in [2.75, 3.05) is 6.54 Å². The van der Waals surface area contributed by atoms with Crippen LogP contribution in [0.5, 0.6) is 0 Å². The summed E-state index contributed by atoms with van der Waals surface area (Å²) < 4.78 is 0. The number of hydrogen-bond donors (Lipinski definition) is 1. The molecule has 0 bridgehead atoms. The lowest BCUT2D eigenvalue weighted by Crippen LogP contribution is -2.23. The zero-order valence-electron chi connectivity index (χ0n) is 11.6. The predicted molar refractivity (Wildman–Crippen MR) is 83.9 cm³/mol. The Labute approximate surface area is 118 Å². The Kier molecular flexibility index (Phi) is 4.73. The molecule has 0 spiro atoms. The molecule has 18 heavy (non-hydrogen) atoms. The molecular formula is C14H22N2S2. The summed E-state index contributed by atoms with van der Waals surface area (Å²) in [7, 11) is 0. The highest BCUT2D eigenvalue weighted by Crippen LogP contribution is 2.29. The maximum atomic E-state index is 4.61. The van der Waals surface area contributed by atoms with Crippen molar-refractivity contribution < 1.29 is 0 Å². The molecule has 0 radical (unpaired) electrons. The van der Waals surface area contributed by atoms with E-state index < -0.39 is 0 Å². The quantitative estimate of drug-likeness (QED) is 0.891. The van der Waals surface area contributed by atoms with Crippen molar-refractivity contribution >= 4 is 28.3 Å². The van der Waals surface area contributed by atoms with Gasteiger partial charge in [0.25, 0.3) is 0 Å². The molecule has 0 aliphatic carbocycles. The van der Waals surface area contributed by atoms with Crippen molar-refractivity contribution in [3.63, 3.8) is 0 Å². The summed E-state index contributed by atoms with van der Waals surface area (Å²) in [6.45, 7) is 9.83. The number of rotatable bonds is 4. The lowest BCUT2D eigenvalue weighted by Gasteiger charge is -2.15. The Balaban J connectivity index is 1.93. The van der Waals surface area contributed by atoms with Crippen LogP contribution in [0.25, 0.3) is 0 Å². The van der Waals surface area contributed by atoms with E-state index in [4.69, 9.17) is 0 Å². The van der Waals surface area contributed by atoms with Gasteiger partial charge >= 0.3 is 0 Å². The second-order valence-electron chi connectivity index (χ2n) is 4.91. The molecule has 1 aliphatic rings. The minimum Gasteiger partial charge on any atom is -0.358 e. The van der Waals surface area contributed by atoms with Gasteiger partial charge in [-0.05, 0) is 38.8 Å². The van der Waals surface area contributed by atoms with E-state index in [9.17, 15) is 0 Å². The fourth-order valence-electron chi connectivity index (χ4n) is 2.31. The normalized spacial score (nSPS) is 20.9. The summed E-state index contributed by atoms with van der Waals surface area (Å²) >= 11 is 3.79. The van der Waals surface area contributed by atoms with Crippen LogP contribution < -0.4 is 5.32 Å². The van der Waals surface area contributed by atoms with E-state index in [-0.39, 0.29) is 0 Å². The van der Waals surface area contributed by atoms with Gasteiger partial charge in [0.05, 0.1) is 12.6 Å². The number of thiophene rings is 1. The first-order valence-corrected chi connectivity index (χ1v) is 8.34. The van der Waals surface area contributed by atoms with Crippen LogP contribution >= 0.6 is 23.1 Å². The molecule has 1 N–H and O–H groups in total. The van der Waals surface area contributed by atoms with Gasteiger partial charge < -0.3 is 5.32 Å². The molecule has 1 aliphatic heterocycles. The first-order chi connectivity index (χ1) is 8.60. The minimum absolute atomic E-state index is 0.363. The fraction of sp³-hybridized carbons (Fsp3) is 0.643. The van der Waals surface area contributed by atoms with Crippen LogP contribution in [0, 0.1) is 13.8 Å². The van der Waals surface area contributed by atoms with Crippen molar-refractivity contribution in [2.45, 2.75) is 51.8 Å². The molecule has 0 saturated heterocycles. The summed E-state index contributed by atoms with van der Waals surface area (Å²) in [5, 5.41) is 5.38. The molecule has 1 aromatic rings. The third kappa shape index (κ3) is 3.29. The second-order valence-corrected chi connectivity index (χ2v) is 7.66. The van der Waals surface area contributed by atoms with E-state index in [1.165, 1.54) is 28.2 Å². The summed E-state index contributed by atoms with van der Waals surface area (Å²) in [5.41, 5.74) is 1.42. The van der Waals surface area contributed by atoms with Gasteiger partial charge in [-0.25, -0.2) is 0 Å². The predicted octanol–water partition coefficient (Wildman–Crippen LogP) is 4.29. The molecule has 2 unspecified atom stereocenters. The largest absolute Gasteiger partial charge is 0.358 e. The Bertz CT molecular complexity index is 437. The number of aliphatic imine (C=N–C) groups is 1. The highest BCUT2D eigenvalue weighted by molar-refractivity contribution is 8.14. The summed E-state index contributed by atoms with van der Waals surface area (Å²) in [6, 6.07) is 2.66. The first-order valence-electron chi connectivity index (χ1n) is 6.64. The monoisotopic (exact) mass is 282 g/mol. The standard InChI is InChI=1S/C14H22N2S2/c1-5-6-12-8-15-14(18-12)16-10(3)13-7-9(2)17-11(13)4/h7,10,12H,5-6,8H2,1-4H3,(H,15,16). The summed E-state index contributed by atoms with van der Waals surface area (Å²) in [4.78, 5) is 7.42. The van der Waals surface area contributed by atoms with Crippen LogP contribution in [0.15, 0.2) is 11.1 Å². The van der Waals surface area contributed by atoms with E-state index in [0.717, 1.165) is 11.7 Å². The Morgan fingerprint density at radius 3 is 2.89 bits per heavy atom. The molecule has 1 aromatic heterocycles. The maximum Gasteiger partial charge on any atom is 0.157 e. The molecule has 2 heterocycles. The van der Waals surface area contributed by atoms with Gasteiger partial charge in [-0.3, -0.25) is 4.99 Å². The van der Waals surface area contributed by atoms with E-state index in [1.54, 1.807) is 0 Å². The molecular weight excluding hydrogens is 260 g/mol. The smallest absolute Gasteiger partial charge is 0.157 e. The third-order valence-electron chi connectivity index (χ3n) is 3.21. The van der Waals surface area contributed by atoms with Crippen molar-refractivity contribution in [1.82, 2.24) is 5.32 Å². The SMILES string of the molecule is CCCC1CN=C(NC(C)c2cc(C)sc2C)S1. The van der Waals surface area contributed by atoms with Gasteiger partial charge in [0.2, 0.25) is 0 Å². The molecule has 4 heteroatoms. The van der Waals surface area contributed by atoms with Crippen LogP contribution in [0.3, 0.4) is 0 Å². The topological polar surface area (TPSA) is 24.4 Å². The number of amidine groups is 1. The van der Waals surface area contributed by atoms with Crippen LogP contribution in [-0.4, -0.2) is 17.0 Å². The van der Waals surface area contributed by atoms with Gasteiger partial charge in [0.15, 0.2) is 5.17 Å². The van der Waals surface area contributed by atoms with E-state index in [0.29, 0.717) is 11.3 Å². The average Bonchev–Trinajstić information content (AvgIpc) is 2.86. The molecule has 2 atom stereocenters. The van der Waals surface area contributed by atoms with Crippen LogP contribution in [0.4, 0.5) is 0 Å². The fourth-order valence-corrected chi connectivity index (χ4v) is 4.55. The molecule has 0 amide bonds. The number of hydrogen-bond acceptors (Lipinski definition) is 4. The molecule has 0 aromatic carbocycles. The maximum absolute atomic E-state index is 4.61. The van der Waals surface area contributed by atoms with Gasteiger partial charge in [-0.1, -0.05) is 25.1 Å². The van der Waals surface area contributed by atoms with E-state index >= 15 is 0 Å². The van der Waals surface area contributed by atoms with Crippen molar-refractivity contribution in [2.24, 2.45) is 4.99 Å². The Morgan fingerprint density at radius 1 is 1.50 bits per heavy atom. The zero-order chi connectivity index (χ0) is 13.1. The van der Waals surface area contributed by atoms with Crippen molar-refractivity contribution in [3.8, 4) is 0 Å². The lowest BCUT2D eigenvalue weighted by molar-refractivity contribution is 0.719. The van der Waals surface area contributed by atoms with Crippen LogP contribution in [0.2, 0.25) is 0 Å².